The molecule has 0 aliphatic rings. The Hall–Kier alpha value is -2.93. The van der Waals surface area contributed by atoms with Gasteiger partial charge in [-0.15, -0.1) is 0 Å². The molecule has 0 aliphatic heterocycles. The number of carbonyl (C=O) groups is 1. The van der Waals surface area contributed by atoms with Gasteiger partial charge in [0.1, 0.15) is 11.5 Å². The number of nitrogens with zero attached hydrogens (tertiary/aromatic N) is 1. The van der Waals surface area contributed by atoms with E-state index in [2.05, 4.69) is 10.5 Å². The van der Waals surface area contributed by atoms with Gasteiger partial charge in [0.2, 0.25) is 0 Å². The van der Waals surface area contributed by atoms with Crippen molar-refractivity contribution in [3.8, 4) is 23.0 Å². The highest BCUT2D eigenvalue weighted by molar-refractivity contribution is 6.31. The van der Waals surface area contributed by atoms with E-state index in [1.807, 2.05) is 0 Å². The van der Waals surface area contributed by atoms with Gasteiger partial charge in [0.25, 0.3) is 5.91 Å². The maximum atomic E-state index is 11.9. The Kier molecular flexibility index (Phi) is 4.61. The number of nitrogens with one attached hydrogen (secondary N) is 1. The number of hydrogen-bond donors (Lipinski definition) is 5. The minimum absolute atomic E-state index is 0.0301. The van der Waals surface area contributed by atoms with Crippen LogP contribution in [0.3, 0.4) is 0 Å². The van der Waals surface area contributed by atoms with Crippen LogP contribution >= 0.6 is 11.6 Å². The topological polar surface area (TPSA) is 122 Å². The highest BCUT2D eigenvalue weighted by Gasteiger charge is 2.14. The minimum atomic E-state index is -0.813. The van der Waals surface area contributed by atoms with E-state index in [1.165, 1.54) is 12.3 Å². The molecule has 23 heavy (non-hydrogen) atoms. The molecule has 0 atom stereocenters. The molecule has 0 aliphatic carbocycles. The zero-order valence-corrected chi connectivity index (χ0v) is 12.7. The molecule has 0 unspecified atom stereocenters. The van der Waals surface area contributed by atoms with Crippen molar-refractivity contribution in [2.75, 3.05) is 0 Å². The number of aryl methyl sites for hydroxylation is 1. The molecule has 0 aromatic heterocycles. The molecule has 2 rings (SSSR count). The van der Waals surface area contributed by atoms with Crippen molar-refractivity contribution in [1.29, 1.82) is 0 Å². The van der Waals surface area contributed by atoms with E-state index in [4.69, 9.17) is 11.6 Å². The zero-order valence-electron chi connectivity index (χ0n) is 11.9. The van der Waals surface area contributed by atoms with Crippen molar-refractivity contribution >= 4 is 23.7 Å². The fourth-order valence-corrected chi connectivity index (χ4v) is 2.11. The lowest BCUT2D eigenvalue weighted by Crippen LogP contribution is -2.17. The summed E-state index contributed by atoms with van der Waals surface area (Å²) in [7, 11) is 0. The molecule has 0 saturated carbocycles. The predicted molar refractivity (Wildman–Crippen MR) is 84.4 cm³/mol. The summed E-state index contributed by atoms with van der Waals surface area (Å²) < 4.78 is 0. The first-order chi connectivity index (χ1) is 10.8. The molecule has 0 bridgehead atoms. The molecule has 2 aromatic carbocycles. The standard InChI is InChI=1S/C15H13ClN2O5/c1-7-2-9(16)3-8(14(7)22)6-17-18-15(23)10-4-12(20)13(21)5-11(10)19/h2-6,19-22H,1H3,(H,18,23)/b17-6+. The van der Waals surface area contributed by atoms with Crippen LogP contribution in [0, 0.1) is 6.92 Å². The van der Waals surface area contributed by atoms with Gasteiger partial charge in [-0.05, 0) is 24.6 Å². The predicted octanol–water partition coefficient (Wildman–Crippen LogP) is 2.23. The minimum Gasteiger partial charge on any atom is -0.507 e. The molecule has 120 valence electrons. The smallest absolute Gasteiger partial charge is 0.275 e. The van der Waals surface area contributed by atoms with E-state index in [0.717, 1.165) is 12.1 Å². The van der Waals surface area contributed by atoms with E-state index in [0.29, 0.717) is 16.1 Å². The van der Waals surface area contributed by atoms with Crippen molar-refractivity contribution in [2.24, 2.45) is 5.10 Å². The molecular formula is C15H13ClN2O5. The Balaban J connectivity index is 2.18. The molecule has 0 radical (unpaired) electrons. The van der Waals surface area contributed by atoms with Gasteiger partial charge in [0.05, 0.1) is 11.8 Å². The number of hydrogen-bond acceptors (Lipinski definition) is 6. The van der Waals surface area contributed by atoms with Crippen LogP contribution < -0.4 is 5.43 Å². The monoisotopic (exact) mass is 336 g/mol. The van der Waals surface area contributed by atoms with Gasteiger partial charge in [-0.3, -0.25) is 4.79 Å². The summed E-state index contributed by atoms with van der Waals surface area (Å²) in [4.78, 5) is 11.9. The number of carbonyl (C=O) groups excluding carboxylic acids is 1. The van der Waals surface area contributed by atoms with Crippen LogP contribution in [0.5, 0.6) is 23.0 Å². The maximum Gasteiger partial charge on any atom is 0.275 e. The summed E-state index contributed by atoms with van der Waals surface area (Å²) in [5.74, 6) is -2.47. The van der Waals surface area contributed by atoms with E-state index in [-0.39, 0.29) is 11.3 Å². The van der Waals surface area contributed by atoms with E-state index < -0.39 is 23.2 Å². The Morgan fingerprint density at radius 3 is 2.43 bits per heavy atom. The third kappa shape index (κ3) is 3.64. The lowest BCUT2D eigenvalue weighted by molar-refractivity contribution is 0.0952. The number of amides is 1. The van der Waals surface area contributed by atoms with Crippen LogP contribution in [-0.2, 0) is 0 Å². The molecular weight excluding hydrogens is 324 g/mol. The van der Waals surface area contributed by atoms with Crippen molar-refractivity contribution in [2.45, 2.75) is 6.92 Å². The Bertz CT molecular complexity index is 805. The number of halogens is 1. The first-order valence-electron chi connectivity index (χ1n) is 6.37. The van der Waals surface area contributed by atoms with E-state index in [1.54, 1.807) is 13.0 Å². The summed E-state index contributed by atoms with van der Waals surface area (Å²) >= 11 is 5.87. The molecule has 8 heteroatoms. The van der Waals surface area contributed by atoms with Crippen molar-refractivity contribution in [3.63, 3.8) is 0 Å². The number of rotatable bonds is 3. The maximum absolute atomic E-state index is 11.9. The van der Waals surface area contributed by atoms with Gasteiger partial charge in [0, 0.05) is 22.7 Å². The van der Waals surface area contributed by atoms with Crippen LogP contribution in [0.15, 0.2) is 29.4 Å². The highest BCUT2D eigenvalue weighted by Crippen LogP contribution is 2.32. The van der Waals surface area contributed by atoms with E-state index >= 15 is 0 Å². The summed E-state index contributed by atoms with van der Waals surface area (Å²) in [6.45, 7) is 1.66. The average Bonchev–Trinajstić information content (AvgIpc) is 2.47. The Morgan fingerprint density at radius 1 is 1.09 bits per heavy atom. The van der Waals surface area contributed by atoms with Crippen molar-refractivity contribution in [3.05, 3.63) is 46.0 Å². The second-order valence-electron chi connectivity index (χ2n) is 4.72. The quantitative estimate of drug-likeness (QED) is 0.254. The molecule has 7 nitrogen and oxygen atoms in total. The van der Waals surface area contributed by atoms with Crippen molar-refractivity contribution in [1.82, 2.24) is 5.43 Å². The summed E-state index contributed by atoms with van der Waals surface area (Å²) in [6.07, 6.45) is 1.18. The number of phenolic OH excluding ortho intramolecular Hbond substituents is 4. The normalized spacial score (nSPS) is 10.9. The van der Waals surface area contributed by atoms with Crippen LogP contribution in [0.2, 0.25) is 5.02 Å². The summed E-state index contributed by atoms with van der Waals surface area (Å²) in [6, 6.07) is 4.77. The van der Waals surface area contributed by atoms with Crippen LogP contribution in [-0.4, -0.2) is 32.5 Å². The molecule has 0 fully saturated rings. The Morgan fingerprint density at radius 2 is 1.74 bits per heavy atom. The van der Waals surface area contributed by atoms with Gasteiger partial charge in [0.15, 0.2) is 11.5 Å². The fourth-order valence-electron chi connectivity index (χ4n) is 1.83. The molecule has 5 N–H and O–H groups in total. The lowest BCUT2D eigenvalue weighted by Gasteiger charge is -2.06. The molecule has 2 aromatic rings. The molecule has 1 amide bonds. The van der Waals surface area contributed by atoms with Gasteiger partial charge in [-0.1, -0.05) is 11.6 Å². The second kappa shape index (κ2) is 6.45. The molecule has 0 spiro atoms. The number of aromatic hydroxyl groups is 4. The van der Waals surface area contributed by atoms with Crippen LogP contribution in [0.25, 0.3) is 0 Å². The largest absolute Gasteiger partial charge is 0.507 e. The third-order valence-corrected chi connectivity index (χ3v) is 3.22. The third-order valence-electron chi connectivity index (χ3n) is 3.00. The van der Waals surface area contributed by atoms with Gasteiger partial charge < -0.3 is 20.4 Å². The second-order valence-corrected chi connectivity index (χ2v) is 5.15. The SMILES string of the molecule is Cc1cc(Cl)cc(/C=N/NC(=O)c2cc(O)c(O)cc2O)c1O. The van der Waals surface area contributed by atoms with Crippen LogP contribution in [0.4, 0.5) is 0 Å². The van der Waals surface area contributed by atoms with Gasteiger partial charge in [-0.2, -0.15) is 5.10 Å². The van der Waals surface area contributed by atoms with Gasteiger partial charge >= 0.3 is 0 Å². The summed E-state index contributed by atoms with van der Waals surface area (Å²) in [5, 5.41) is 42.0. The van der Waals surface area contributed by atoms with E-state index in [9.17, 15) is 25.2 Å². The summed E-state index contributed by atoms with van der Waals surface area (Å²) in [5.41, 5.74) is 2.70. The molecule has 0 saturated heterocycles. The first kappa shape index (κ1) is 16.4. The average molecular weight is 337 g/mol. The highest BCUT2D eigenvalue weighted by atomic mass is 35.5. The first-order valence-corrected chi connectivity index (χ1v) is 6.75. The number of phenols is 4. The zero-order chi connectivity index (χ0) is 17.1. The fraction of sp³-hybridized carbons (Fsp3) is 0.0667. The lowest BCUT2D eigenvalue weighted by atomic mass is 10.1. The number of hydrazone groups is 1. The number of benzene rings is 2. The Labute approximate surface area is 136 Å². The molecule has 0 heterocycles. The van der Waals surface area contributed by atoms with Crippen LogP contribution in [0.1, 0.15) is 21.5 Å². The van der Waals surface area contributed by atoms with Gasteiger partial charge in [-0.25, -0.2) is 5.43 Å². The van der Waals surface area contributed by atoms with Crippen molar-refractivity contribution < 1.29 is 25.2 Å².